The molecular weight excluding hydrogens is 380 g/mol. The zero-order valence-electron chi connectivity index (χ0n) is 17.7. The van der Waals surface area contributed by atoms with Gasteiger partial charge in [-0.05, 0) is 74.1 Å². The summed E-state index contributed by atoms with van der Waals surface area (Å²) < 4.78 is 5.06. The molecule has 0 aliphatic carbocycles. The van der Waals surface area contributed by atoms with E-state index >= 15 is 0 Å². The lowest BCUT2D eigenvalue weighted by atomic mass is 9.96. The summed E-state index contributed by atoms with van der Waals surface area (Å²) in [4.78, 5) is 38.1. The van der Waals surface area contributed by atoms with Gasteiger partial charge < -0.3 is 15.0 Å². The molecule has 2 amide bonds. The van der Waals surface area contributed by atoms with Crippen molar-refractivity contribution >= 4 is 17.8 Å². The SMILES string of the molecule is CC(=O)Oc1cccc(C(=O)N2CCC(CNC(=O)c3ccc(C)c(C)c3)CC2)c1. The van der Waals surface area contributed by atoms with Gasteiger partial charge in [0.25, 0.3) is 11.8 Å². The van der Waals surface area contributed by atoms with Gasteiger partial charge in [-0.3, -0.25) is 14.4 Å². The van der Waals surface area contributed by atoms with E-state index in [0.717, 1.165) is 18.4 Å². The summed E-state index contributed by atoms with van der Waals surface area (Å²) in [5.41, 5.74) is 3.46. The Kier molecular flexibility index (Phi) is 6.87. The van der Waals surface area contributed by atoms with Crippen LogP contribution in [0.4, 0.5) is 0 Å². The van der Waals surface area contributed by atoms with E-state index in [1.165, 1.54) is 12.5 Å². The largest absolute Gasteiger partial charge is 0.427 e. The first-order valence-corrected chi connectivity index (χ1v) is 10.3. The number of aryl methyl sites for hydroxylation is 2. The molecule has 0 saturated carbocycles. The van der Waals surface area contributed by atoms with Crippen molar-refractivity contribution in [2.75, 3.05) is 19.6 Å². The molecule has 1 aliphatic heterocycles. The number of piperidine rings is 1. The van der Waals surface area contributed by atoms with E-state index in [2.05, 4.69) is 5.32 Å². The van der Waals surface area contributed by atoms with Crippen molar-refractivity contribution in [1.29, 1.82) is 0 Å². The van der Waals surface area contributed by atoms with Gasteiger partial charge in [0.1, 0.15) is 5.75 Å². The fraction of sp³-hybridized carbons (Fsp3) is 0.375. The van der Waals surface area contributed by atoms with Gasteiger partial charge >= 0.3 is 5.97 Å². The Morgan fingerprint density at radius 3 is 2.40 bits per heavy atom. The van der Waals surface area contributed by atoms with Crippen molar-refractivity contribution < 1.29 is 19.1 Å². The fourth-order valence-electron chi connectivity index (χ4n) is 3.60. The normalized spacial score (nSPS) is 14.3. The smallest absolute Gasteiger partial charge is 0.308 e. The standard InChI is InChI=1S/C24H28N2O4/c1-16-7-8-20(13-17(16)2)23(28)25-15-19-9-11-26(12-10-19)24(29)21-5-4-6-22(14-21)30-18(3)27/h4-8,13-14,19H,9-12,15H2,1-3H3,(H,25,28). The van der Waals surface area contributed by atoms with Gasteiger partial charge in [-0.15, -0.1) is 0 Å². The first-order valence-electron chi connectivity index (χ1n) is 10.3. The van der Waals surface area contributed by atoms with Gasteiger partial charge in [-0.2, -0.15) is 0 Å². The molecule has 1 saturated heterocycles. The van der Waals surface area contributed by atoms with Crippen molar-refractivity contribution in [3.8, 4) is 5.75 Å². The number of benzene rings is 2. The second-order valence-electron chi connectivity index (χ2n) is 7.87. The van der Waals surface area contributed by atoms with Crippen LogP contribution in [0, 0.1) is 19.8 Å². The highest BCUT2D eigenvalue weighted by molar-refractivity contribution is 5.95. The summed E-state index contributed by atoms with van der Waals surface area (Å²) in [5.74, 6) is 0.179. The van der Waals surface area contributed by atoms with Gasteiger partial charge in [0, 0.05) is 37.7 Å². The molecule has 0 aromatic heterocycles. The first-order chi connectivity index (χ1) is 14.3. The van der Waals surface area contributed by atoms with Crippen molar-refractivity contribution in [2.24, 2.45) is 5.92 Å². The van der Waals surface area contributed by atoms with Crippen LogP contribution in [0.2, 0.25) is 0 Å². The van der Waals surface area contributed by atoms with Crippen LogP contribution in [0.15, 0.2) is 42.5 Å². The zero-order valence-corrected chi connectivity index (χ0v) is 17.7. The third-order valence-corrected chi connectivity index (χ3v) is 5.56. The Morgan fingerprint density at radius 1 is 1.00 bits per heavy atom. The van der Waals surface area contributed by atoms with Crippen molar-refractivity contribution in [2.45, 2.75) is 33.6 Å². The lowest BCUT2D eigenvalue weighted by Gasteiger charge is -2.32. The number of hydrogen-bond acceptors (Lipinski definition) is 4. The maximum absolute atomic E-state index is 12.8. The van der Waals surface area contributed by atoms with E-state index < -0.39 is 5.97 Å². The zero-order chi connectivity index (χ0) is 21.7. The van der Waals surface area contributed by atoms with E-state index in [1.807, 2.05) is 36.9 Å². The average molecular weight is 408 g/mol. The van der Waals surface area contributed by atoms with E-state index in [9.17, 15) is 14.4 Å². The number of likely N-dealkylation sites (tertiary alicyclic amines) is 1. The number of nitrogens with zero attached hydrogens (tertiary/aromatic N) is 1. The van der Waals surface area contributed by atoms with Crippen molar-refractivity contribution in [3.05, 3.63) is 64.7 Å². The predicted molar refractivity (Wildman–Crippen MR) is 115 cm³/mol. The second-order valence-corrected chi connectivity index (χ2v) is 7.87. The lowest BCUT2D eigenvalue weighted by Crippen LogP contribution is -2.41. The van der Waals surface area contributed by atoms with E-state index in [-0.39, 0.29) is 11.8 Å². The molecule has 1 heterocycles. The molecule has 2 aromatic carbocycles. The maximum Gasteiger partial charge on any atom is 0.308 e. The van der Waals surface area contributed by atoms with Crippen LogP contribution in [-0.4, -0.2) is 42.3 Å². The van der Waals surface area contributed by atoms with Crippen molar-refractivity contribution in [3.63, 3.8) is 0 Å². The molecule has 3 rings (SSSR count). The molecule has 1 fully saturated rings. The predicted octanol–water partition coefficient (Wildman–Crippen LogP) is 3.51. The average Bonchev–Trinajstić information content (AvgIpc) is 2.73. The van der Waals surface area contributed by atoms with E-state index in [1.54, 1.807) is 24.3 Å². The molecule has 0 spiro atoms. The Labute approximate surface area is 177 Å². The minimum absolute atomic E-state index is 0.0566. The summed E-state index contributed by atoms with van der Waals surface area (Å²) in [5, 5.41) is 3.03. The Morgan fingerprint density at radius 2 is 1.73 bits per heavy atom. The Hall–Kier alpha value is -3.15. The number of rotatable bonds is 5. The minimum Gasteiger partial charge on any atom is -0.427 e. The van der Waals surface area contributed by atoms with Gasteiger partial charge in [-0.1, -0.05) is 12.1 Å². The number of nitrogens with one attached hydrogen (secondary N) is 1. The van der Waals surface area contributed by atoms with Crippen LogP contribution in [0.1, 0.15) is 51.6 Å². The Balaban J connectivity index is 1.49. The molecular formula is C24H28N2O4. The molecule has 158 valence electrons. The molecule has 30 heavy (non-hydrogen) atoms. The highest BCUT2D eigenvalue weighted by Crippen LogP contribution is 2.21. The lowest BCUT2D eigenvalue weighted by molar-refractivity contribution is -0.131. The van der Waals surface area contributed by atoms with Crippen LogP contribution in [-0.2, 0) is 4.79 Å². The summed E-state index contributed by atoms with van der Waals surface area (Å²) in [6.45, 7) is 7.24. The first kappa shape index (κ1) is 21.6. The number of esters is 1. The molecule has 1 aliphatic rings. The topological polar surface area (TPSA) is 75.7 Å². The maximum atomic E-state index is 12.8. The monoisotopic (exact) mass is 408 g/mol. The van der Waals surface area contributed by atoms with E-state index in [0.29, 0.717) is 42.4 Å². The molecule has 0 atom stereocenters. The highest BCUT2D eigenvalue weighted by atomic mass is 16.5. The van der Waals surface area contributed by atoms with Crippen molar-refractivity contribution in [1.82, 2.24) is 10.2 Å². The number of carbonyl (C=O) groups excluding carboxylic acids is 3. The number of carbonyl (C=O) groups is 3. The fourth-order valence-corrected chi connectivity index (χ4v) is 3.60. The highest BCUT2D eigenvalue weighted by Gasteiger charge is 2.24. The van der Waals surface area contributed by atoms with Crippen LogP contribution < -0.4 is 10.1 Å². The molecule has 2 aromatic rings. The third kappa shape index (κ3) is 5.47. The number of hydrogen-bond donors (Lipinski definition) is 1. The van der Waals surface area contributed by atoms with Crippen LogP contribution >= 0.6 is 0 Å². The second kappa shape index (κ2) is 9.57. The number of amides is 2. The van der Waals surface area contributed by atoms with E-state index in [4.69, 9.17) is 4.74 Å². The van der Waals surface area contributed by atoms with Gasteiger partial charge in [0.2, 0.25) is 0 Å². The summed E-state index contributed by atoms with van der Waals surface area (Å²) in [6.07, 6.45) is 1.67. The van der Waals surface area contributed by atoms with Crippen LogP contribution in [0.25, 0.3) is 0 Å². The molecule has 6 nitrogen and oxygen atoms in total. The van der Waals surface area contributed by atoms with Gasteiger partial charge in [0.05, 0.1) is 0 Å². The molecule has 0 bridgehead atoms. The van der Waals surface area contributed by atoms with Crippen LogP contribution in [0.3, 0.4) is 0 Å². The van der Waals surface area contributed by atoms with Gasteiger partial charge in [0.15, 0.2) is 0 Å². The molecule has 0 unspecified atom stereocenters. The minimum atomic E-state index is -0.414. The van der Waals surface area contributed by atoms with Crippen LogP contribution in [0.5, 0.6) is 5.75 Å². The van der Waals surface area contributed by atoms with Gasteiger partial charge in [-0.25, -0.2) is 0 Å². The third-order valence-electron chi connectivity index (χ3n) is 5.56. The quantitative estimate of drug-likeness (QED) is 0.607. The molecule has 0 radical (unpaired) electrons. The summed E-state index contributed by atoms with van der Waals surface area (Å²) in [6, 6.07) is 12.4. The molecule has 6 heteroatoms. The Bertz CT molecular complexity index is 946. The number of ether oxygens (including phenoxy) is 1. The summed E-state index contributed by atoms with van der Waals surface area (Å²) >= 11 is 0. The molecule has 1 N–H and O–H groups in total. The summed E-state index contributed by atoms with van der Waals surface area (Å²) in [7, 11) is 0.